The first-order valence-electron chi connectivity index (χ1n) is 32.4. The van der Waals surface area contributed by atoms with E-state index in [0.29, 0.717) is 6.42 Å². The van der Waals surface area contributed by atoms with Gasteiger partial charge >= 0.3 is 0 Å². The standard InChI is InChI=1S/C67H127NO3/c1-3-5-7-9-11-13-15-17-19-21-23-25-27-29-31-33-35-36-38-40-42-44-46-48-50-52-54-56-58-60-62-66(70)65(64-69)68-67(71)63-61-59-57-55-53-51-49-47-45-43-41-39-37-34-32-30-28-26-24-22-20-18-16-14-12-10-8-6-4-2/h16,18,22,24,28,30,60,62,65-66,69-70H,3-15,17,19-21,23,25-27,29,31-59,61,63-64H2,1-2H3,(H,68,71)/b18-16-,24-22-,30-28-,62-60+. The lowest BCUT2D eigenvalue weighted by molar-refractivity contribution is -0.123. The summed E-state index contributed by atoms with van der Waals surface area (Å²) in [5.74, 6) is -0.0602. The molecule has 0 bridgehead atoms. The normalized spacial score (nSPS) is 13.0. The second-order valence-corrected chi connectivity index (χ2v) is 22.2. The minimum absolute atomic E-state index is 0.0602. The van der Waals surface area contributed by atoms with E-state index in [4.69, 9.17) is 0 Å². The minimum atomic E-state index is -0.842. The molecular weight excluding hydrogens is 867 g/mol. The number of amides is 1. The molecule has 4 nitrogen and oxygen atoms in total. The van der Waals surface area contributed by atoms with Gasteiger partial charge in [-0.25, -0.2) is 0 Å². The maximum Gasteiger partial charge on any atom is 0.220 e. The number of hydrogen-bond acceptors (Lipinski definition) is 3. The molecule has 0 aromatic rings. The quantitative estimate of drug-likeness (QED) is 0.0420. The van der Waals surface area contributed by atoms with Crippen LogP contribution >= 0.6 is 0 Å². The third-order valence-electron chi connectivity index (χ3n) is 15.1. The highest BCUT2D eigenvalue weighted by molar-refractivity contribution is 5.76. The number of nitrogens with one attached hydrogen (secondary N) is 1. The van der Waals surface area contributed by atoms with Gasteiger partial charge in [0, 0.05) is 6.42 Å². The van der Waals surface area contributed by atoms with Crippen LogP contribution in [0.25, 0.3) is 0 Å². The number of carbonyl (C=O) groups is 1. The van der Waals surface area contributed by atoms with E-state index in [2.05, 4.69) is 55.6 Å². The van der Waals surface area contributed by atoms with Crippen LogP contribution in [-0.2, 0) is 4.79 Å². The van der Waals surface area contributed by atoms with Gasteiger partial charge in [0.05, 0.1) is 18.8 Å². The summed E-state index contributed by atoms with van der Waals surface area (Å²) in [5.41, 5.74) is 0. The van der Waals surface area contributed by atoms with Gasteiger partial charge in [0.1, 0.15) is 0 Å². The maximum atomic E-state index is 12.5. The zero-order valence-corrected chi connectivity index (χ0v) is 48.3. The highest BCUT2D eigenvalue weighted by Crippen LogP contribution is 2.18. The van der Waals surface area contributed by atoms with Crippen molar-refractivity contribution in [3.8, 4) is 0 Å². The molecular formula is C67H127NO3. The van der Waals surface area contributed by atoms with Crippen molar-refractivity contribution < 1.29 is 15.0 Å². The van der Waals surface area contributed by atoms with Crippen LogP contribution in [0.2, 0.25) is 0 Å². The fraction of sp³-hybridized carbons (Fsp3) is 0.866. The molecule has 0 spiro atoms. The number of carbonyl (C=O) groups excluding carboxylic acids is 1. The summed E-state index contributed by atoms with van der Waals surface area (Å²) < 4.78 is 0. The van der Waals surface area contributed by atoms with Crippen molar-refractivity contribution in [1.82, 2.24) is 5.32 Å². The summed E-state index contributed by atoms with van der Waals surface area (Å²) in [6, 6.07) is -0.625. The smallest absolute Gasteiger partial charge is 0.220 e. The Morgan fingerprint density at radius 2 is 0.577 bits per heavy atom. The van der Waals surface area contributed by atoms with Gasteiger partial charge in [-0.3, -0.25) is 4.79 Å². The summed E-state index contributed by atoms with van der Waals surface area (Å²) in [6.45, 7) is 4.33. The summed E-state index contributed by atoms with van der Waals surface area (Å²) in [6.07, 6.45) is 87.4. The Kier molecular flexibility index (Phi) is 61.2. The molecule has 0 aliphatic carbocycles. The molecule has 3 N–H and O–H groups in total. The van der Waals surface area contributed by atoms with Crippen LogP contribution in [-0.4, -0.2) is 34.9 Å². The van der Waals surface area contributed by atoms with Gasteiger partial charge in [-0.15, -0.1) is 0 Å². The Labute approximate surface area is 445 Å². The van der Waals surface area contributed by atoms with Crippen LogP contribution in [0.1, 0.15) is 354 Å². The Bertz CT molecular complexity index is 1130. The van der Waals surface area contributed by atoms with Crippen molar-refractivity contribution in [3.05, 3.63) is 48.6 Å². The molecule has 0 heterocycles. The fourth-order valence-electron chi connectivity index (χ4n) is 10.1. The van der Waals surface area contributed by atoms with Gasteiger partial charge in [-0.2, -0.15) is 0 Å². The van der Waals surface area contributed by atoms with E-state index in [-0.39, 0.29) is 12.5 Å². The topological polar surface area (TPSA) is 69.6 Å². The SMILES string of the molecule is CCCCCCC/C=C\C/C=C\C/C=C\CCCCCCCCCCCCCCCCC(=O)NC(CO)C(O)/C=C/CCCCCCCCCCCCCCCCCCCCCCCCCCCCCC. The van der Waals surface area contributed by atoms with Crippen molar-refractivity contribution in [3.63, 3.8) is 0 Å². The Hall–Kier alpha value is -1.65. The molecule has 0 aromatic heterocycles. The summed E-state index contributed by atoms with van der Waals surface area (Å²) in [4.78, 5) is 12.5. The van der Waals surface area contributed by atoms with Crippen molar-refractivity contribution in [2.24, 2.45) is 0 Å². The Morgan fingerprint density at radius 3 is 0.859 bits per heavy atom. The molecule has 0 radical (unpaired) electrons. The first kappa shape index (κ1) is 69.3. The van der Waals surface area contributed by atoms with Gasteiger partial charge in [0.15, 0.2) is 0 Å². The molecule has 418 valence electrons. The average molecular weight is 995 g/mol. The van der Waals surface area contributed by atoms with E-state index in [1.807, 2.05) is 6.08 Å². The summed E-state index contributed by atoms with van der Waals surface area (Å²) in [5, 5.41) is 23.3. The van der Waals surface area contributed by atoms with Crippen molar-refractivity contribution in [1.29, 1.82) is 0 Å². The van der Waals surface area contributed by atoms with E-state index >= 15 is 0 Å². The summed E-state index contributed by atoms with van der Waals surface area (Å²) in [7, 11) is 0. The molecule has 0 aliphatic heterocycles. The molecule has 0 fully saturated rings. The maximum absolute atomic E-state index is 12.5. The largest absolute Gasteiger partial charge is 0.394 e. The third kappa shape index (κ3) is 59.1. The van der Waals surface area contributed by atoms with Crippen LogP contribution in [0, 0.1) is 0 Å². The molecule has 1 amide bonds. The Morgan fingerprint density at radius 1 is 0.338 bits per heavy atom. The number of aliphatic hydroxyl groups excluding tert-OH is 2. The lowest BCUT2D eigenvalue weighted by Crippen LogP contribution is -2.45. The molecule has 4 heteroatoms. The first-order valence-corrected chi connectivity index (χ1v) is 32.4. The van der Waals surface area contributed by atoms with Gasteiger partial charge < -0.3 is 15.5 Å². The zero-order chi connectivity index (χ0) is 51.3. The van der Waals surface area contributed by atoms with Crippen LogP contribution in [0.4, 0.5) is 0 Å². The molecule has 71 heavy (non-hydrogen) atoms. The van der Waals surface area contributed by atoms with E-state index in [1.54, 1.807) is 6.08 Å². The number of allylic oxidation sites excluding steroid dienone is 7. The zero-order valence-electron chi connectivity index (χ0n) is 48.3. The van der Waals surface area contributed by atoms with Gasteiger partial charge in [0.2, 0.25) is 5.91 Å². The predicted molar refractivity (Wildman–Crippen MR) is 318 cm³/mol. The van der Waals surface area contributed by atoms with Crippen LogP contribution in [0.3, 0.4) is 0 Å². The highest BCUT2D eigenvalue weighted by atomic mass is 16.3. The third-order valence-corrected chi connectivity index (χ3v) is 15.1. The molecule has 0 aliphatic rings. The van der Waals surface area contributed by atoms with Crippen molar-refractivity contribution >= 4 is 5.91 Å². The average Bonchev–Trinajstić information content (AvgIpc) is 3.37. The van der Waals surface area contributed by atoms with Crippen molar-refractivity contribution in [2.75, 3.05) is 6.61 Å². The number of unbranched alkanes of at least 4 members (excludes halogenated alkanes) is 47. The van der Waals surface area contributed by atoms with Crippen LogP contribution < -0.4 is 5.32 Å². The molecule has 2 unspecified atom stereocenters. The number of hydrogen-bond donors (Lipinski definition) is 3. The fourth-order valence-corrected chi connectivity index (χ4v) is 10.1. The van der Waals surface area contributed by atoms with Crippen molar-refractivity contribution in [2.45, 2.75) is 366 Å². The number of aliphatic hydroxyl groups is 2. The monoisotopic (exact) mass is 994 g/mol. The lowest BCUT2D eigenvalue weighted by Gasteiger charge is -2.20. The lowest BCUT2D eigenvalue weighted by atomic mass is 10.0. The molecule has 0 aromatic carbocycles. The van der Waals surface area contributed by atoms with Crippen LogP contribution in [0.5, 0.6) is 0 Å². The van der Waals surface area contributed by atoms with Gasteiger partial charge in [0.25, 0.3) is 0 Å². The minimum Gasteiger partial charge on any atom is -0.394 e. The van der Waals surface area contributed by atoms with E-state index < -0.39 is 12.1 Å². The Balaban J connectivity index is 3.46. The van der Waals surface area contributed by atoms with Gasteiger partial charge in [-0.1, -0.05) is 339 Å². The van der Waals surface area contributed by atoms with Crippen LogP contribution in [0.15, 0.2) is 48.6 Å². The van der Waals surface area contributed by atoms with E-state index in [0.717, 1.165) is 38.5 Å². The highest BCUT2D eigenvalue weighted by Gasteiger charge is 2.18. The first-order chi connectivity index (χ1) is 35.2. The second-order valence-electron chi connectivity index (χ2n) is 22.2. The van der Waals surface area contributed by atoms with E-state index in [9.17, 15) is 15.0 Å². The molecule has 0 rings (SSSR count). The molecule has 0 saturated heterocycles. The van der Waals surface area contributed by atoms with Gasteiger partial charge in [-0.05, 0) is 57.8 Å². The van der Waals surface area contributed by atoms with E-state index in [1.165, 1.54) is 295 Å². The second kappa shape index (κ2) is 62.6. The molecule has 2 atom stereocenters. The molecule has 0 saturated carbocycles. The summed E-state index contributed by atoms with van der Waals surface area (Å²) >= 11 is 0. The number of rotatable bonds is 60. The predicted octanol–water partition coefficient (Wildman–Crippen LogP) is 21.8.